The molecule has 35 heavy (non-hydrogen) atoms. The molecule has 1 aromatic heterocycles. The van der Waals surface area contributed by atoms with Crippen LogP contribution in [-0.2, 0) is 26.2 Å². The van der Waals surface area contributed by atoms with Crippen LogP contribution in [0.1, 0.15) is 61.1 Å². The van der Waals surface area contributed by atoms with Crippen LogP contribution in [0.2, 0.25) is 13.1 Å². The molecule has 0 spiro atoms. The number of hydrogen-bond donors (Lipinski definition) is 0. The number of hydrogen-bond acceptors (Lipinski definition) is 1. The predicted octanol–water partition coefficient (Wildman–Crippen LogP) is 3.00. The van der Waals surface area contributed by atoms with Crippen molar-refractivity contribution < 1.29 is 55.4 Å². The van der Waals surface area contributed by atoms with Gasteiger partial charge in [0, 0.05) is 11.1 Å². The summed E-state index contributed by atoms with van der Waals surface area (Å²) in [6.07, 6.45) is 3.02. The van der Waals surface area contributed by atoms with E-state index in [9.17, 15) is 0 Å². The van der Waals surface area contributed by atoms with Crippen molar-refractivity contribution in [3.63, 3.8) is 0 Å². The fourth-order valence-corrected chi connectivity index (χ4v) is 10.2. The Morgan fingerprint density at radius 2 is 1.66 bits per heavy atom. The predicted molar refractivity (Wildman–Crippen MR) is 140 cm³/mol. The summed E-state index contributed by atoms with van der Waals surface area (Å²) in [6, 6.07) is 22.3. The van der Waals surface area contributed by atoms with Gasteiger partial charge in [0.1, 0.15) is 5.76 Å². The van der Waals surface area contributed by atoms with Crippen LogP contribution in [-0.4, -0.2) is 8.07 Å². The molecular weight excluding hydrogens is 567 g/mol. The molecular formula is C30H33Cl2OSiZr. The van der Waals surface area contributed by atoms with E-state index in [4.69, 9.17) is 4.42 Å². The van der Waals surface area contributed by atoms with Gasteiger partial charge in [0.05, 0.1) is 14.3 Å². The Morgan fingerprint density at radius 1 is 0.971 bits per heavy atom. The number of furan rings is 1. The molecule has 0 fully saturated rings. The molecule has 0 saturated heterocycles. The first-order chi connectivity index (χ1) is 15.3. The first-order valence-corrected chi connectivity index (χ1v) is 15.0. The van der Waals surface area contributed by atoms with Crippen LogP contribution >= 0.6 is 0 Å². The number of allylic oxidation sites excluding steroid dienone is 1. The molecule has 7 rings (SSSR count). The topological polar surface area (TPSA) is 13.1 Å². The Bertz CT molecular complexity index is 1330. The van der Waals surface area contributed by atoms with E-state index in [1.165, 1.54) is 50.8 Å². The van der Waals surface area contributed by atoms with E-state index in [1.807, 2.05) is 6.26 Å². The Labute approximate surface area is 242 Å². The van der Waals surface area contributed by atoms with Gasteiger partial charge in [-0.05, 0) is 41.7 Å². The average molecular weight is 600 g/mol. The maximum Gasteiger partial charge on any atom is 3.00 e. The van der Waals surface area contributed by atoms with Gasteiger partial charge in [0.15, 0.2) is 0 Å². The molecule has 5 heteroatoms. The molecule has 2 atom stereocenters. The Balaban J connectivity index is 0.000000249. The SMILES string of the molecule is CC1=C2c3ccoc3C1[Si]2(C)C.CCC(C)c1ccc(-c2cccc3[cH-]c(C)cc23)cc1.[Cl-].[Cl-].[Zr+3]. The molecule has 3 aliphatic rings. The number of rotatable bonds is 3. The number of halogens is 2. The molecule has 181 valence electrons. The van der Waals surface area contributed by atoms with Crippen LogP contribution in [0.3, 0.4) is 0 Å². The molecule has 3 aromatic carbocycles. The Morgan fingerprint density at radius 3 is 2.26 bits per heavy atom. The van der Waals surface area contributed by atoms with Gasteiger partial charge in [0.25, 0.3) is 0 Å². The fourth-order valence-electron chi connectivity index (χ4n) is 5.96. The van der Waals surface area contributed by atoms with Gasteiger partial charge in [-0.1, -0.05) is 75.3 Å². The molecule has 2 bridgehead atoms. The van der Waals surface area contributed by atoms with Crippen molar-refractivity contribution >= 4 is 24.0 Å². The van der Waals surface area contributed by atoms with Crippen LogP contribution in [0.15, 0.2) is 76.9 Å². The summed E-state index contributed by atoms with van der Waals surface area (Å²) < 4.78 is 5.53. The zero-order chi connectivity index (χ0) is 22.6. The van der Waals surface area contributed by atoms with Gasteiger partial charge in [-0.15, -0.1) is 34.5 Å². The first kappa shape index (κ1) is 30.0. The summed E-state index contributed by atoms with van der Waals surface area (Å²) in [5.41, 5.74) is 9.14. The Hall–Kier alpha value is -1.25. The summed E-state index contributed by atoms with van der Waals surface area (Å²) in [5.74, 6) is 1.90. The number of aryl methyl sites for hydroxylation is 1. The molecule has 0 amide bonds. The van der Waals surface area contributed by atoms with Gasteiger partial charge in [-0.25, -0.2) is 0 Å². The molecule has 1 aliphatic carbocycles. The minimum atomic E-state index is -1.08. The van der Waals surface area contributed by atoms with Crippen molar-refractivity contribution in [2.75, 3.05) is 0 Å². The Kier molecular flexibility index (Phi) is 9.79. The molecule has 4 aromatic rings. The second-order valence-corrected chi connectivity index (χ2v) is 14.7. The zero-order valence-corrected chi connectivity index (χ0v) is 26.3. The van der Waals surface area contributed by atoms with E-state index in [1.54, 1.807) is 10.8 Å². The summed E-state index contributed by atoms with van der Waals surface area (Å²) in [7, 11) is -1.08. The van der Waals surface area contributed by atoms with Crippen LogP contribution in [0, 0.1) is 6.92 Å². The quantitative estimate of drug-likeness (QED) is 0.261. The third-order valence-corrected chi connectivity index (χ3v) is 11.8. The van der Waals surface area contributed by atoms with E-state index in [0.717, 1.165) is 0 Å². The van der Waals surface area contributed by atoms with E-state index in [0.29, 0.717) is 11.5 Å². The van der Waals surface area contributed by atoms with Crippen LogP contribution in [0.25, 0.3) is 27.1 Å². The largest absolute Gasteiger partial charge is 3.00 e. The second-order valence-electron chi connectivity index (χ2n) is 10.2. The van der Waals surface area contributed by atoms with Crippen molar-refractivity contribution in [2.24, 2.45) is 0 Å². The van der Waals surface area contributed by atoms with Crippen molar-refractivity contribution in [3.8, 4) is 11.1 Å². The van der Waals surface area contributed by atoms with Gasteiger partial charge < -0.3 is 29.2 Å². The average Bonchev–Trinajstić information content (AvgIpc) is 3.49. The smallest absolute Gasteiger partial charge is 1.00 e. The molecule has 2 aliphatic heterocycles. The van der Waals surface area contributed by atoms with Gasteiger partial charge in [0.2, 0.25) is 0 Å². The number of fused-ring (bicyclic) bond motifs is 1. The second kappa shape index (κ2) is 11.4. The summed E-state index contributed by atoms with van der Waals surface area (Å²) >= 11 is 0. The summed E-state index contributed by atoms with van der Waals surface area (Å²) in [4.78, 5) is 0. The van der Waals surface area contributed by atoms with Crippen LogP contribution in [0.5, 0.6) is 0 Å². The van der Waals surface area contributed by atoms with Gasteiger partial charge >= 0.3 is 26.2 Å². The van der Waals surface area contributed by atoms with Crippen molar-refractivity contribution in [1.29, 1.82) is 0 Å². The van der Waals surface area contributed by atoms with Crippen LogP contribution < -0.4 is 24.8 Å². The van der Waals surface area contributed by atoms with Crippen molar-refractivity contribution in [2.45, 2.75) is 58.7 Å². The molecule has 0 saturated carbocycles. The summed E-state index contributed by atoms with van der Waals surface area (Å²) in [5, 5.41) is 4.36. The van der Waals surface area contributed by atoms with E-state index in [2.05, 4.69) is 101 Å². The fraction of sp³-hybridized carbons (Fsp3) is 0.300. The minimum absolute atomic E-state index is 0. The monoisotopic (exact) mass is 597 g/mol. The third-order valence-electron chi connectivity index (χ3n) is 7.72. The van der Waals surface area contributed by atoms with E-state index in [-0.39, 0.29) is 51.0 Å². The molecule has 2 unspecified atom stereocenters. The van der Waals surface area contributed by atoms with Crippen molar-refractivity contribution in [1.82, 2.24) is 0 Å². The van der Waals surface area contributed by atoms with E-state index < -0.39 is 8.07 Å². The zero-order valence-electron chi connectivity index (χ0n) is 21.4. The van der Waals surface area contributed by atoms with Gasteiger partial charge in [-0.3, -0.25) is 0 Å². The standard InChI is InChI=1S/C20H21.C10H12OSi.2ClH.Zr/c1-4-15(3)16-8-10-17(11-9-16)19-7-5-6-18-12-14(2)13-20(18)19;1-6-9-7-4-5-11-8(7)10(6)12(9,2)3;;;/h5-13,15H,4H2,1-3H3;4-5,10H,1-3H3;2*1H;/q-1;;;;+3/p-2. The molecule has 1 nitrogen and oxygen atoms in total. The third kappa shape index (κ3) is 4.99. The normalized spacial score (nSPS) is 17.1. The van der Waals surface area contributed by atoms with E-state index >= 15 is 0 Å². The first-order valence-electron chi connectivity index (χ1n) is 11.9. The minimum Gasteiger partial charge on any atom is -1.00 e. The van der Waals surface area contributed by atoms with Crippen LogP contribution in [0.4, 0.5) is 0 Å². The molecule has 3 heterocycles. The molecule has 1 radical (unpaired) electrons. The van der Waals surface area contributed by atoms with Gasteiger partial charge in [-0.2, -0.15) is 6.07 Å². The molecule has 0 N–H and O–H groups in total. The maximum absolute atomic E-state index is 5.53. The maximum atomic E-state index is 5.53. The van der Waals surface area contributed by atoms with Crippen molar-refractivity contribution in [3.05, 3.63) is 95.0 Å². The summed E-state index contributed by atoms with van der Waals surface area (Å²) in [6.45, 7) is 13.8. The number of benzene rings is 2.